The van der Waals surface area contributed by atoms with Gasteiger partial charge in [0.2, 0.25) is 0 Å². The van der Waals surface area contributed by atoms with Gasteiger partial charge in [-0.05, 0) is 84.8 Å². The predicted molar refractivity (Wildman–Crippen MR) is 160 cm³/mol. The van der Waals surface area contributed by atoms with Crippen LogP contribution in [0, 0.1) is 6.92 Å². The normalized spacial score (nSPS) is 10.9. The molecule has 0 aliphatic heterocycles. The molecule has 2 amide bonds. The van der Waals surface area contributed by atoms with Crippen molar-refractivity contribution in [1.82, 2.24) is 5.43 Å². The minimum absolute atomic E-state index is 0.226. The first kappa shape index (κ1) is 28.8. The van der Waals surface area contributed by atoms with Crippen LogP contribution in [-0.2, 0) is 4.79 Å². The van der Waals surface area contributed by atoms with Gasteiger partial charge in [0, 0.05) is 27.9 Å². The fraction of sp³-hybridized carbons (Fsp3) is 0.0625. The molecule has 0 aromatic heterocycles. The van der Waals surface area contributed by atoms with Crippen molar-refractivity contribution >= 4 is 47.4 Å². The van der Waals surface area contributed by atoms with Gasteiger partial charge >= 0.3 is 5.97 Å². The molecule has 0 atom stereocenters. The van der Waals surface area contributed by atoms with Crippen LogP contribution in [0.5, 0.6) is 11.5 Å². The van der Waals surface area contributed by atoms with Gasteiger partial charge in [-0.3, -0.25) is 9.59 Å². The zero-order valence-electron chi connectivity index (χ0n) is 22.3. The molecule has 0 heterocycles. The summed E-state index contributed by atoms with van der Waals surface area (Å²) >= 11 is 5.87. The molecular weight excluding hydrogens is 542 g/mol. The Balaban J connectivity index is 1.34. The quantitative estimate of drug-likeness (QED) is 0.0812. The Morgan fingerprint density at radius 3 is 2.27 bits per heavy atom. The van der Waals surface area contributed by atoms with Crippen molar-refractivity contribution in [3.63, 3.8) is 0 Å². The first-order chi connectivity index (χ1) is 19.8. The van der Waals surface area contributed by atoms with Crippen molar-refractivity contribution in [2.75, 3.05) is 12.4 Å². The van der Waals surface area contributed by atoms with Gasteiger partial charge < -0.3 is 14.8 Å². The van der Waals surface area contributed by atoms with Gasteiger partial charge in [-0.25, -0.2) is 10.2 Å². The lowest BCUT2D eigenvalue weighted by Gasteiger charge is -2.09. The number of carbonyl (C=O) groups excluding carboxylic acids is 3. The van der Waals surface area contributed by atoms with Crippen LogP contribution < -0.4 is 20.2 Å². The Bertz CT molecular complexity index is 1610. The molecule has 9 heteroatoms. The van der Waals surface area contributed by atoms with E-state index in [0.29, 0.717) is 33.1 Å². The number of carbonyl (C=O) groups is 3. The number of methoxy groups -OCH3 is 1. The minimum atomic E-state index is -0.579. The molecule has 0 spiro atoms. The van der Waals surface area contributed by atoms with E-state index in [1.54, 1.807) is 84.9 Å². The first-order valence-corrected chi connectivity index (χ1v) is 12.8. The molecule has 4 rings (SSSR count). The third-order valence-electron chi connectivity index (χ3n) is 5.76. The Labute approximate surface area is 242 Å². The smallest absolute Gasteiger partial charge is 0.336 e. The average Bonchev–Trinajstić information content (AvgIpc) is 2.98. The molecule has 41 heavy (non-hydrogen) atoms. The Hall–Kier alpha value is -5.21. The Kier molecular flexibility index (Phi) is 9.64. The summed E-state index contributed by atoms with van der Waals surface area (Å²) in [5, 5.41) is 7.40. The van der Waals surface area contributed by atoms with Crippen LogP contribution in [0.3, 0.4) is 0 Å². The highest BCUT2D eigenvalue weighted by Gasteiger charge is 2.11. The summed E-state index contributed by atoms with van der Waals surface area (Å²) in [7, 11) is 1.45. The fourth-order valence-corrected chi connectivity index (χ4v) is 3.73. The number of ether oxygens (including phenoxy) is 2. The number of rotatable bonds is 9. The molecule has 4 aromatic rings. The highest BCUT2D eigenvalue weighted by molar-refractivity contribution is 6.30. The molecule has 0 radical (unpaired) electrons. The third kappa shape index (κ3) is 8.39. The van der Waals surface area contributed by atoms with Crippen molar-refractivity contribution in [3.05, 3.63) is 130 Å². The number of amides is 2. The maximum Gasteiger partial charge on any atom is 0.336 e. The molecule has 4 aromatic carbocycles. The maximum atomic E-state index is 12.6. The largest absolute Gasteiger partial charge is 0.493 e. The van der Waals surface area contributed by atoms with E-state index in [9.17, 15) is 14.4 Å². The van der Waals surface area contributed by atoms with Gasteiger partial charge in [0.25, 0.3) is 11.8 Å². The highest BCUT2D eigenvalue weighted by Crippen LogP contribution is 2.28. The topological polar surface area (TPSA) is 106 Å². The lowest BCUT2D eigenvalue weighted by atomic mass is 10.1. The summed E-state index contributed by atoms with van der Waals surface area (Å²) in [6.45, 7) is 1.94. The summed E-state index contributed by atoms with van der Waals surface area (Å²) < 4.78 is 10.7. The van der Waals surface area contributed by atoms with E-state index in [1.807, 2.05) is 19.1 Å². The lowest BCUT2D eigenvalue weighted by molar-refractivity contribution is -0.129. The third-order valence-corrected chi connectivity index (χ3v) is 6.01. The molecule has 0 aliphatic rings. The van der Waals surface area contributed by atoms with Gasteiger partial charge in [0.05, 0.1) is 13.3 Å². The van der Waals surface area contributed by atoms with E-state index in [1.165, 1.54) is 19.4 Å². The number of aryl methyl sites for hydroxylation is 1. The summed E-state index contributed by atoms with van der Waals surface area (Å²) in [5.74, 6) is -0.780. The van der Waals surface area contributed by atoms with Crippen molar-refractivity contribution in [3.8, 4) is 11.5 Å². The lowest BCUT2D eigenvalue weighted by Crippen LogP contribution is -2.18. The molecule has 8 nitrogen and oxygen atoms in total. The average molecular weight is 568 g/mol. The van der Waals surface area contributed by atoms with Crippen LogP contribution >= 0.6 is 11.6 Å². The number of hydrazone groups is 1. The van der Waals surface area contributed by atoms with Gasteiger partial charge in [-0.15, -0.1) is 0 Å². The van der Waals surface area contributed by atoms with Crippen LogP contribution in [0.15, 0.2) is 102 Å². The molecule has 0 fully saturated rings. The second kappa shape index (κ2) is 13.7. The first-order valence-electron chi connectivity index (χ1n) is 12.5. The molecule has 0 saturated carbocycles. The summed E-state index contributed by atoms with van der Waals surface area (Å²) in [4.78, 5) is 37.4. The second-order valence-corrected chi connectivity index (χ2v) is 9.25. The van der Waals surface area contributed by atoms with Crippen molar-refractivity contribution in [1.29, 1.82) is 0 Å². The number of esters is 1. The molecule has 206 valence electrons. The SMILES string of the molecule is COc1cc(C=NNC(=O)c2cccc(NC(=O)c3ccc(C)cc3)c2)ccc1OC(=O)/C=C/c1ccc(Cl)cc1. The van der Waals surface area contributed by atoms with Gasteiger partial charge in [-0.2, -0.15) is 5.10 Å². The van der Waals surface area contributed by atoms with Gasteiger partial charge in [0.1, 0.15) is 0 Å². The Morgan fingerprint density at radius 2 is 1.54 bits per heavy atom. The molecule has 0 saturated heterocycles. The van der Waals surface area contributed by atoms with Gasteiger partial charge in [0.15, 0.2) is 11.5 Å². The van der Waals surface area contributed by atoms with E-state index in [-0.39, 0.29) is 11.7 Å². The van der Waals surface area contributed by atoms with Crippen LogP contribution in [-0.4, -0.2) is 31.1 Å². The number of anilines is 1. The van der Waals surface area contributed by atoms with E-state index < -0.39 is 11.9 Å². The molecule has 0 bridgehead atoms. The monoisotopic (exact) mass is 567 g/mol. The van der Waals surface area contributed by atoms with E-state index >= 15 is 0 Å². The summed E-state index contributed by atoms with van der Waals surface area (Å²) in [6, 6.07) is 25.6. The number of nitrogens with one attached hydrogen (secondary N) is 2. The van der Waals surface area contributed by atoms with E-state index in [2.05, 4.69) is 15.8 Å². The number of nitrogens with zero attached hydrogens (tertiary/aromatic N) is 1. The molecular formula is C32H26ClN3O5. The summed E-state index contributed by atoms with van der Waals surface area (Å²) in [6.07, 6.45) is 4.34. The van der Waals surface area contributed by atoms with E-state index in [0.717, 1.165) is 11.1 Å². The number of hydrogen-bond donors (Lipinski definition) is 2. The minimum Gasteiger partial charge on any atom is -0.493 e. The Morgan fingerprint density at radius 1 is 0.805 bits per heavy atom. The van der Waals surface area contributed by atoms with Gasteiger partial charge in [-0.1, -0.05) is 47.5 Å². The van der Waals surface area contributed by atoms with Crippen LogP contribution in [0.1, 0.15) is 37.4 Å². The highest BCUT2D eigenvalue weighted by atomic mass is 35.5. The van der Waals surface area contributed by atoms with E-state index in [4.69, 9.17) is 21.1 Å². The summed E-state index contributed by atoms with van der Waals surface area (Å²) in [5.41, 5.74) is 6.21. The van der Waals surface area contributed by atoms with Crippen LogP contribution in [0.2, 0.25) is 5.02 Å². The van der Waals surface area contributed by atoms with Crippen molar-refractivity contribution < 1.29 is 23.9 Å². The number of benzene rings is 4. The standard InChI is InChI=1S/C32H26ClN3O5/c1-21-6-12-24(13-7-21)31(38)35-27-5-3-4-25(19-27)32(39)36-34-20-23-10-16-28(29(18-23)40-2)41-30(37)17-11-22-8-14-26(33)15-9-22/h3-20H,1-2H3,(H,35,38)(H,36,39)/b17-11+,34-20?. The van der Waals surface area contributed by atoms with Crippen molar-refractivity contribution in [2.24, 2.45) is 5.10 Å². The fourth-order valence-electron chi connectivity index (χ4n) is 3.61. The predicted octanol–water partition coefficient (Wildman–Crippen LogP) is 6.29. The number of halogens is 1. The molecule has 2 N–H and O–H groups in total. The molecule has 0 aliphatic carbocycles. The van der Waals surface area contributed by atoms with Crippen LogP contribution in [0.4, 0.5) is 5.69 Å². The second-order valence-electron chi connectivity index (χ2n) is 8.82. The zero-order valence-corrected chi connectivity index (χ0v) is 23.0. The van der Waals surface area contributed by atoms with Crippen molar-refractivity contribution in [2.45, 2.75) is 6.92 Å². The maximum absolute atomic E-state index is 12.6. The zero-order chi connectivity index (χ0) is 29.2. The van der Waals surface area contributed by atoms with Crippen LogP contribution in [0.25, 0.3) is 6.08 Å². The molecule has 0 unspecified atom stereocenters. The number of hydrogen-bond acceptors (Lipinski definition) is 6.